The molecule has 1 aromatic heterocycles. The van der Waals surface area contributed by atoms with E-state index in [1.807, 2.05) is 0 Å². The summed E-state index contributed by atoms with van der Waals surface area (Å²) < 4.78 is 49.1. The SMILES string of the molecule is CCOC(=O)c1nn(-c2ccccc2Cl)c(=O)cc1OCC(=O)Nc1ccc(C(F)(F)F)cc1. The van der Waals surface area contributed by atoms with E-state index in [4.69, 9.17) is 21.1 Å². The Kier molecular flexibility index (Phi) is 7.57. The van der Waals surface area contributed by atoms with E-state index in [1.54, 1.807) is 19.1 Å². The largest absolute Gasteiger partial charge is 0.481 e. The van der Waals surface area contributed by atoms with Gasteiger partial charge in [-0.15, -0.1) is 0 Å². The highest BCUT2D eigenvalue weighted by Crippen LogP contribution is 2.29. The molecule has 2 aromatic carbocycles. The first-order chi connectivity index (χ1) is 16.1. The van der Waals surface area contributed by atoms with Gasteiger partial charge in [0.25, 0.3) is 11.5 Å². The molecule has 0 atom stereocenters. The monoisotopic (exact) mass is 495 g/mol. The number of nitrogens with zero attached hydrogens (tertiary/aromatic N) is 2. The molecule has 1 amide bonds. The molecule has 34 heavy (non-hydrogen) atoms. The van der Waals surface area contributed by atoms with Gasteiger partial charge in [-0.05, 0) is 43.3 Å². The Hall–Kier alpha value is -3.86. The van der Waals surface area contributed by atoms with Crippen molar-refractivity contribution in [1.82, 2.24) is 9.78 Å². The molecular weight excluding hydrogens is 479 g/mol. The minimum Gasteiger partial charge on any atom is -0.481 e. The van der Waals surface area contributed by atoms with Crippen LogP contribution in [0.25, 0.3) is 5.69 Å². The van der Waals surface area contributed by atoms with Crippen LogP contribution in [0, 0.1) is 0 Å². The summed E-state index contributed by atoms with van der Waals surface area (Å²) in [6.45, 7) is 0.921. The van der Waals surface area contributed by atoms with Gasteiger partial charge in [0, 0.05) is 5.69 Å². The average Bonchev–Trinajstić information content (AvgIpc) is 2.78. The van der Waals surface area contributed by atoms with Crippen LogP contribution < -0.4 is 15.6 Å². The number of hydrogen-bond donors (Lipinski definition) is 1. The first kappa shape index (κ1) is 24.8. The lowest BCUT2D eigenvalue weighted by Gasteiger charge is -2.13. The van der Waals surface area contributed by atoms with Crippen molar-refractivity contribution >= 4 is 29.2 Å². The van der Waals surface area contributed by atoms with E-state index in [2.05, 4.69) is 10.4 Å². The molecule has 0 radical (unpaired) electrons. The van der Waals surface area contributed by atoms with Crippen molar-refractivity contribution < 1.29 is 32.2 Å². The van der Waals surface area contributed by atoms with Crippen LogP contribution in [0.4, 0.5) is 18.9 Å². The Balaban J connectivity index is 1.81. The van der Waals surface area contributed by atoms with E-state index < -0.39 is 35.8 Å². The molecule has 0 spiro atoms. The van der Waals surface area contributed by atoms with Crippen molar-refractivity contribution in [2.45, 2.75) is 13.1 Å². The third-order valence-electron chi connectivity index (χ3n) is 4.30. The van der Waals surface area contributed by atoms with Gasteiger partial charge in [-0.25, -0.2) is 4.79 Å². The van der Waals surface area contributed by atoms with Gasteiger partial charge in [-0.2, -0.15) is 23.0 Å². The number of alkyl halides is 3. The zero-order valence-corrected chi connectivity index (χ0v) is 18.3. The highest BCUT2D eigenvalue weighted by atomic mass is 35.5. The van der Waals surface area contributed by atoms with Gasteiger partial charge in [-0.1, -0.05) is 23.7 Å². The normalized spacial score (nSPS) is 11.1. The number of carbonyl (C=O) groups is 2. The van der Waals surface area contributed by atoms with Crippen LogP contribution in [0.15, 0.2) is 59.4 Å². The standard InChI is InChI=1S/C22H17ClF3N3O5/c1-2-33-21(32)20-17(11-19(31)29(28-20)16-6-4-3-5-15(16)23)34-12-18(30)27-14-9-7-13(8-10-14)22(24,25)26/h3-11H,2,12H2,1H3,(H,27,30). The lowest BCUT2D eigenvalue weighted by Crippen LogP contribution is -2.27. The fourth-order valence-electron chi connectivity index (χ4n) is 2.77. The summed E-state index contributed by atoms with van der Waals surface area (Å²) in [5.41, 5.74) is -1.63. The number of aromatic nitrogens is 2. The smallest absolute Gasteiger partial charge is 0.416 e. The zero-order chi connectivity index (χ0) is 24.9. The second-order valence-electron chi connectivity index (χ2n) is 6.69. The molecule has 0 aliphatic rings. The molecule has 0 fully saturated rings. The minimum atomic E-state index is -4.51. The van der Waals surface area contributed by atoms with Crippen LogP contribution >= 0.6 is 11.6 Å². The molecule has 0 aliphatic heterocycles. The van der Waals surface area contributed by atoms with Gasteiger partial charge >= 0.3 is 12.1 Å². The number of rotatable bonds is 7. The maximum atomic E-state index is 12.7. The number of esters is 1. The van der Waals surface area contributed by atoms with E-state index in [1.165, 1.54) is 12.1 Å². The number of para-hydroxylation sites is 1. The van der Waals surface area contributed by atoms with Crippen LogP contribution in [0.2, 0.25) is 5.02 Å². The van der Waals surface area contributed by atoms with Crippen molar-refractivity contribution in [3.8, 4) is 11.4 Å². The minimum absolute atomic E-state index is 0.0135. The van der Waals surface area contributed by atoms with Gasteiger partial charge in [-0.3, -0.25) is 9.59 Å². The van der Waals surface area contributed by atoms with Gasteiger partial charge in [0.05, 0.1) is 28.9 Å². The average molecular weight is 496 g/mol. The summed E-state index contributed by atoms with van der Waals surface area (Å²) in [5.74, 6) is -1.96. The molecule has 0 saturated heterocycles. The van der Waals surface area contributed by atoms with Gasteiger partial charge < -0.3 is 14.8 Å². The predicted molar refractivity (Wildman–Crippen MR) is 116 cm³/mol. The van der Waals surface area contributed by atoms with Gasteiger partial charge in [0.1, 0.15) is 0 Å². The zero-order valence-electron chi connectivity index (χ0n) is 17.6. The molecule has 1 heterocycles. The number of nitrogens with one attached hydrogen (secondary N) is 1. The maximum absolute atomic E-state index is 12.7. The fraction of sp³-hybridized carbons (Fsp3) is 0.182. The molecule has 3 rings (SSSR count). The third kappa shape index (κ3) is 5.93. The number of halogens is 4. The highest BCUT2D eigenvalue weighted by Gasteiger charge is 2.30. The lowest BCUT2D eigenvalue weighted by atomic mass is 10.2. The first-order valence-electron chi connectivity index (χ1n) is 9.76. The van der Waals surface area contributed by atoms with E-state index in [0.717, 1.165) is 35.0 Å². The molecule has 178 valence electrons. The molecule has 8 nitrogen and oxygen atoms in total. The number of benzene rings is 2. The van der Waals surface area contributed by atoms with Gasteiger partial charge in [0.15, 0.2) is 12.4 Å². The lowest BCUT2D eigenvalue weighted by molar-refractivity contribution is -0.137. The quantitative estimate of drug-likeness (QED) is 0.495. The summed E-state index contributed by atoms with van der Waals surface area (Å²) in [7, 11) is 0. The van der Waals surface area contributed by atoms with Crippen LogP contribution in [0.5, 0.6) is 5.75 Å². The Labute approximate surface area is 195 Å². The first-order valence-corrected chi connectivity index (χ1v) is 10.1. The highest BCUT2D eigenvalue weighted by molar-refractivity contribution is 6.32. The number of ether oxygens (including phenoxy) is 2. The van der Waals surface area contributed by atoms with Crippen molar-refractivity contribution in [1.29, 1.82) is 0 Å². The molecule has 0 aliphatic carbocycles. The summed E-state index contributed by atoms with van der Waals surface area (Å²) in [5, 5.41) is 6.56. The Morgan fingerprint density at radius 3 is 2.41 bits per heavy atom. The summed E-state index contributed by atoms with van der Waals surface area (Å²) in [6.07, 6.45) is -4.51. The van der Waals surface area contributed by atoms with Crippen LogP contribution in [-0.2, 0) is 15.7 Å². The molecule has 12 heteroatoms. The fourth-order valence-corrected chi connectivity index (χ4v) is 2.99. The van der Waals surface area contributed by atoms with E-state index in [-0.39, 0.29) is 34.4 Å². The molecular formula is C22H17ClF3N3O5. The van der Waals surface area contributed by atoms with Crippen molar-refractivity contribution in [3.63, 3.8) is 0 Å². The third-order valence-corrected chi connectivity index (χ3v) is 4.62. The molecule has 1 N–H and O–H groups in total. The molecule has 0 bridgehead atoms. The topological polar surface area (TPSA) is 99.5 Å². The summed E-state index contributed by atoms with van der Waals surface area (Å²) >= 11 is 6.12. The number of anilines is 1. The second-order valence-corrected chi connectivity index (χ2v) is 7.10. The van der Waals surface area contributed by atoms with Crippen molar-refractivity contribution in [2.75, 3.05) is 18.5 Å². The number of carbonyl (C=O) groups excluding carboxylic acids is 2. The maximum Gasteiger partial charge on any atom is 0.416 e. The Morgan fingerprint density at radius 2 is 1.79 bits per heavy atom. The van der Waals surface area contributed by atoms with Crippen LogP contribution in [0.1, 0.15) is 23.0 Å². The predicted octanol–water partition coefficient (Wildman–Crippen LogP) is 4.10. The van der Waals surface area contributed by atoms with Gasteiger partial charge in [0.2, 0.25) is 5.69 Å². The van der Waals surface area contributed by atoms with E-state index in [9.17, 15) is 27.6 Å². The molecule has 3 aromatic rings. The summed E-state index contributed by atoms with van der Waals surface area (Å²) in [6, 6.07) is 11.1. The van der Waals surface area contributed by atoms with Crippen LogP contribution in [-0.4, -0.2) is 34.9 Å². The van der Waals surface area contributed by atoms with Crippen molar-refractivity contribution in [3.05, 3.63) is 81.2 Å². The second kappa shape index (κ2) is 10.4. The Bertz CT molecular complexity index is 1260. The van der Waals surface area contributed by atoms with Crippen molar-refractivity contribution in [2.24, 2.45) is 0 Å². The summed E-state index contributed by atoms with van der Waals surface area (Å²) in [4.78, 5) is 37.2. The Morgan fingerprint density at radius 1 is 1.12 bits per heavy atom. The number of hydrogen-bond acceptors (Lipinski definition) is 6. The van der Waals surface area contributed by atoms with E-state index in [0.29, 0.717) is 0 Å². The number of amides is 1. The molecule has 0 saturated carbocycles. The molecule has 0 unspecified atom stereocenters. The van der Waals surface area contributed by atoms with Crippen LogP contribution in [0.3, 0.4) is 0 Å². The van der Waals surface area contributed by atoms with E-state index >= 15 is 0 Å².